The Morgan fingerprint density at radius 3 is 3.20 bits per heavy atom. The number of nitrogens with zero attached hydrogens (tertiary/aromatic N) is 1. The lowest BCUT2D eigenvalue weighted by Crippen LogP contribution is -1.99. The van der Waals surface area contributed by atoms with E-state index in [4.69, 9.17) is 9.84 Å². The van der Waals surface area contributed by atoms with Crippen LogP contribution in [0.25, 0.3) is 0 Å². The van der Waals surface area contributed by atoms with Crippen molar-refractivity contribution in [2.75, 3.05) is 0 Å². The van der Waals surface area contributed by atoms with Crippen LogP contribution in [0.2, 0.25) is 0 Å². The van der Waals surface area contributed by atoms with Gasteiger partial charge in [-0.1, -0.05) is 5.16 Å². The van der Waals surface area contributed by atoms with Crippen molar-refractivity contribution in [1.29, 1.82) is 0 Å². The van der Waals surface area contributed by atoms with Gasteiger partial charge in [-0.15, -0.1) is 11.3 Å². The summed E-state index contributed by atoms with van der Waals surface area (Å²) in [5, 5.41) is 14.0. The molecule has 0 aromatic carbocycles. The molecule has 0 atom stereocenters. The maximum absolute atomic E-state index is 10.7. The van der Waals surface area contributed by atoms with E-state index in [9.17, 15) is 4.79 Å². The number of aromatic carboxylic acids is 1. The quantitative estimate of drug-likeness (QED) is 0.861. The molecule has 2 aromatic heterocycles. The van der Waals surface area contributed by atoms with Crippen LogP contribution in [0.4, 0.5) is 0 Å². The molecule has 2 rings (SSSR count). The molecule has 0 fully saturated rings. The fourth-order valence-corrected chi connectivity index (χ4v) is 1.70. The van der Waals surface area contributed by atoms with Crippen molar-refractivity contribution in [3.8, 4) is 5.75 Å². The molecule has 1 N–H and O–H groups in total. The fourth-order valence-electron chi connectivity index (χ4n) is 1.03. The molecule has 78 valence electrons. The number of carboxylic acids is 1. The molecule has 0 aliphatic rings. The van der Waals surface area contributed by atoms with Gasteiger partial charge >= 0.3 is 5.97 Å². The monoisotopic (exact) mass is 225 g/mol. The van der Waals surface area contributed by atoms with E-state index in [2.05, 4.69) is 9.68 Å². The van der Waals surface area contributed by atoms with Crippen LogP contribution in [0, 0.1) is 0 Å². The minimum absolute atomic E-state index is 0.200. The second kappa shape index (κ2) is 4.14. The van der Waals surface area contributed by atoms with Crippen LogP contribution >= 0.6 is 11.3 Å². The van der Waals surface area contributed by atoms with Gasteiger partial charge in [0.1, 0.15) is 18.6 Å². The third-order valence-electron chi connectivity index (χ3n) is 1.70. The number of thiophene rings is 1. The summed E-state index contributed by atoms with van der Waals surface area (Å²) in [6, 6.07) is 1.63. The number of carbonyl (C=O) groups is 1. The molecule has 0 bridgehead atoms. The third-order valence-corrected chi connectivity index (χ3v) is 2.58. The van der Waals surface area contributed by atoms with Crippen molar-refractivity contribution < 1.29 is 19.2 Å². The molecule has 0 amide bonds. The van der Waals surface area contributed by atoms with Crippen LogP contribution in [0.1, 0.15) is 15.2 Å². The van der Waals surface area contributed by atoms with Gasteiger partial charge < -0.3 is 14.4 Å². The van der Waals surface area contributed by atoms with E-state index >= 15 is 0 Å². The van der Waals surface area contributed by atoms with Gasteiger partial charge in [0, 0.05) is 5.56 Å². The van der Waals surface area contributed by atoms with Gasteiger partial charge in [0.15, 0.2) is 4.88 Å². The van der Waals surface area contributed by atoms with Gasteiger partial charge in [-0.2, -0.15) is 0 Å². The maximum atomic E-state index is 10.7. The minimum atomic E-state index is -0.981. The van der Waals surface area contributed by atoms with Crippen LogP contribution in [0.3, 0.4) is 0 Å². The lowest BCUT2D eigenvalue weighted by molar-refractivity contribution is 0.0697. The third kappa shape index (κ3) is 2.16. The Balaban J connectivity index is 2.05. The van der Waals surface area contributed by atoms with Crippen LogP contribution in [0.15, 0.2) is 28.4 Å². The maximum Gasteiger partial charge on any atom is 0.349 e. The van der Waals surface area contributed by atoms with Crippen LogP contribution in [-0.2, 0) is 6.61 Å². The number of hydrogen-bond acceptors (Lipinski definition) is 5. The summed E-state index contributed by atoms with van der Waals surface area (Å²) >= 11 is 1.13. The molecule has 5 nitrogen and oxygen atoms in total. The smallest absolute Gasteiger partial charge is 0.349 e. The van der Waals surface area contributed by atoms with Gasteiger partial charge in [0.05, 0.1) is 6.20 Å². The zero-order valence-corrected chi connectivity index (χ0v) is 8.36. The van der Waals surface area contributed by atoms with Crippen LogP contribution < -0.4 is 4.74 Å². The van der Waals surface area contributed by atoms with Crippen LogP contribution in [-0.4, -0.2) is 16.2 Å². The van der Waals surface area contributed by atoms with Gasteiger partial charge in [0.2, 0.25) is 0 Å². The topological polar surface area (TPSA) is 72.6 Å². The van der Waals surface area contributed by atoms with Crippen LogP contribution in [0.5, 0.6) is 5.75 Å². The largest absolute Gasteiger partial charge is 0.487 e. The van der Waals surface area contributed by atoms with E-state index in [-0.39, 0.29) is 11.5 Å². The molecule has 0 saturated heterocycles. The van der Waals surface area contributed by atoms with Crippen molar-refractivity contribution >= 4 is 17.3 Å². The first-order chi connectivity index (χ1) is 7.27. The lowest BCUT2D eigenvalue weighted by Gasteiger charge is -2.02. The average molecular weight is 225 g/mol. The van der Waals surface area contributed by atoms with Crippen molar-refractivity contribution in [1.82, 2.24) is 5.16 Å². The van der Waals surface area contributed by atoms with Crippen molar-refractivity contribution in [2.24, 2.45) is 0 Å². The van der Waals surface area contributed by atoms with E-state index in [0.29, 0.717) is 5.75 Å². The molecule has 0 aliphatic carbocycles. The summed E-state index contributed by atoms with van der Waals surface area (Å²) in [7, 11) is 0. The first-order valence-electron chi connectivity index (χ1n) is 4.09. The predicted octanol–water partition coefficient (Wildman–Crippen LogP) is 2.01. The molecule has 0 saturated carbocycles. The molecule has 2 heterocycles. The molecule has 0 unspecified atom stereocenters. The molecule has 0 radical (unpaired) electrons. The summed E-state index contributed by atoms with van der Waals surface area (Å²) in [6.07, 6.45) is 2.97. The molecule has 0 spiro atoms. The Morgan fingerprint density at radius 1 is 1.67 bits per heavy atom. The normalized spacial score (nSPS) is 10.1. The highest BCUT2D eigenvalue weighted by molar-refractivity contribution is 7.12. The molecular formula is C9H7NO4S. The van der Waals surface area contributed by atoms with E-state index < -0.39 is 5.97 Å². The van der Waals surface area contributed by atoms with Gasteiger partial charge in [-0.05, 0) is 11.4 Å². The number of carboxylic acid groups (broad SMARTS) is 1. The molecule has 2 aromatic rings. The van der Waals surface area contributed by atoms with Gasteiger partial charge in [0.25, 0.3) is 0 Å². The summed E-state index contributed by atoms with van der Waals surface area (Å²) < 4.78 is 9.93. The molecule has 0 aliphatic heterocycles. The Morgan fingerprint density at radius 2 is 2.53 bits per heavy atom. The number of ether oxygens (including phenoxy) is 1. The van der Waals surface area contributed by atoms with Gasteiger partial charge in [-0.3, -0.25) is 0 Å². The highest BCUT2D eigenvalue weighted by atomic mass is 32.1. The van der Waals surface area contributed by atoms with Crippen molar-refractivity contribution in [2.45, 2.75) is 6.61 Å². The summed E-state index contributed by atoms with van der Waals surface area (Å²) in [4.78, 5) is 10.9. The Labute approximate surface area is 88.9 Å². The van der Waals surface area contributed by atoms with E-state index in [1.807, 2.05) is 0 Å². The summed E-state index contributed by atoms with van der Waals surface area (Å²) in [5.74, 6) is -0.612. The highest BCUT2D eigenvalue weighted by Crippen LogP contribution is 2.25. The predicted molar refractivity (Wildman–Crippen MR) is 52.1 cm³/mol. The summed E-state index contributed by atoms with van der Waals surface area (Å²) in [5.41, 5.74) is 0.762. The standard InChI is InChI=1S/C9H7NO4S/c11-9(12)8-7(1-2-15-8)13-4-6-3-10-14-5-6/h1-3,5H,4H2,(H,11,12). The Kier molecular flexibility index (Phi) is 2.68. The average Bonchev–Trinajstić information content (AvgIpc) is 2.86. The number of aromatic nitrogens is 1. The zero-order valence-electron chi connectivity index (χ0n) is 7.54. The second-order valence-electron chi connectivity index (χ2n) is 2.74. The zero-order chi connectivity index (χ0) is 10.7. The molecular weight excluding hydrogens is 218 g/mol. The first-order valence-corrected chi connectivity index (χ1v) is 4.97. The highest BCUT2D eigenvalue weighted by Gasteiger charge is 2.12. The second-order valence-corrected chi connectivity index (χ2v) is 3.66. The minimum Gasteiger partial charge on any atom is -0.487 e. The van der Waals surface area contributed by atoms with E-state index in [1.165, 1.54) is 12.5 Å². The number of rotatable bonds is 4. The first kappa shape index (κ1) is 9.72. The van der Waals surface area contributed by atoms with Crippen molar-refractivity contribution in [3.05, 3.63) is 34.3 Å². The Bertz CT molecular complexity index is 448. The van der Waals surface area contributed by atoms with Crippen molar-refractivity contribution in [3.63, 3.8) is 0 Å². The van der Waals surface area contributed by atoms with Gasteiger partial charge in [-0.25, -0.2) is 4.79 Å². The molecule has 15 heavy (non-hydrogen) atoms. The number of hydrogen-bond donors (Lipinski definition) is 1. The Hall–Kier alpha value is -1.82. The fraction of sp³-hybridized carbons (Fsp3) is 0.111. The lowest BCUT2D eigenvalue weighted by atomic mass is 10.4. The van der Waals surface area contributed by atoms with E-state index in [0.717, 1.165) is 16.9 Å². The SMILES string of the molecule is O=C(O)c1sccc1OCc1cnoc1. The van der Waals surface area contributed by atoms with E-state index in [1.54, 1.807) is 11.4 Å². The summed E-state index contributed by atoms with van der Waals surface area (Å²) in [6.45, 7) is 0.251. The molecule has 6 heteroatoms.